The normalized spacial score (nSPS) is 15.9. The van der Waals surface area contributed by atoms with Crippen LogP contribution in [0.3, 0.4) is 0 Å². The van der Waals surface area contributed by atoms with E-state index in [9.17, 15) is 31.5 Å². The minimum Gasteiger partial charge on any atom is -0.480 e. The van der Waals surface area contributed by atoms with E-state index in [2.05, 4.69) is 15.0 Å². The van der Waals surface area contributed by atoms with Gasteiger partial charge in [-0.1, -0.05) is 37.5 Å². The molecule has 0 radical (unpaired) electrons. The molecule has 1 aliphatic rings. The number of carboxylic acids is 1. The van der Waals surface area contributed by atoms with Gasteiger partial charge in [0.1, 0.15) is 11.9 Å². The number of aliphatic carboxylic acids is 1. The molecule has 1 atom stereocenters. The third-order valence-electron chi connectivity index (χ3n) is 6.15. The number of rotatable bonds is 13. The van der Waals surface area contributed by atoms with Gasteiger partial charge in [0, 0.05) is 25.1 Å². The van der Waals surface area contributed by atoms with Crippen LogP contribution in [0.2, 0.25) is 0 Å². The second-order valence-corrected chi connectivity index (χ2v) is 12.6. The Kier molecular flexibility index (Phi) is 10.6. The lowest BCUT2D eigenvalue weighted by atomic mass is 9.96. The number of aliphatic imine (C=N–C) groups is 1. The van der Waals surface area contributed by atoms with Gasteiger partial charge in [0.2, 0.25) is 26.0 Å². The highest BCUT2D eigenvalue weighted by atomic mass is 32.2. The molecule has 3 rings (SSSR count). The topological polar surface area (TPSA) is 197 Å². The van der Waals surface area contributed by atoms with Crippen molar-refractivity contribution in [3.63, 3.8) is 0 Å². The summed E-state index contributed by atoms with van der Waals surface area (Å²) < 4.78 is 54.3. The number of hydrogen-bond acceptors (Lipinski definition) is 7. The average Bonchev–Trinajstić information content (AvgIpc) is 2.92. The minimum atomic E-state index is -4.12. The van der Waals surface area contributed by atoms with Crippen LogP contribution in [0, 0.1) is 0 Å². The summed E-state index contributed by atoms with van der Waals surface area (Å²) >= 11 is 0. The molecule has 1 unspecified atom stereocenters. The van der Waals surface area contributed by atoms with Crippen LogP contribution in [0.15, 0.2) is 69.4 Å². The fourth-order valence-corrected chi connectivity index (χ4v) is 6.25. The van der Waals surface area contributed by atoms with Crippen molar-refractivity contribution < 1.29 is 31.5 Å². The molecule has 0 aliphatic heterocycles. The zero-order valence-corrected chi connectivity index (χ0v) is 22.9. The Bertz CT molecular complexity index is 1370. The molecule has 2 aromatic carbocycles. The van der Waals surface area contributed by atoms with Crippen molar-refractivity contribution in [1.29, 1.82) is 0 Å². The van der Waals surface area contributed by atoms with E-state index < -0.39 is 44.5 Å². The monoisotopic (exact) mass is 579 g/mol. The zero-order valence-electron chi connectivity index (χ0n) is 21.2. The number of nitrogens with one attached hydrogen (secondary N) is 3. The first-order valence-electron chi connectivity index (χ1n) is 12.5. The third kappa shape index (κ3) is 9.13. The number of nitrogens with zero attached hydrogens (tertiary/aromatic N) is 1. The van der Waals surface area contributed by atoms with E-state index >= 15 is 0 Å². The van der Waals surface area contributed by atoms with Gasteiger partial charge in [0.15, 0.2) is 0 Å². The molecule has 0 spiro atoms. The molecule has 1 saturated carbocycles. The molecule has 39 heavy (non-hydrogen) atoms. The quantitative estimate of drug-likeness (QED) is 0.171. The maximum atomic E-state index is 12.6. The largest absolute Gasteiger partial charge is 0.480 e. The van der Waals surface area contributed by atoms with Crippen LogP contribution in [0.5, 0.6) is 0 Å². The number of nitrogens with two attached hydrogens (primary N) is 1. The summed E-state index contributed by atoms with van der Waals surface area (Å²) in [5, 5.41) is 11.7. The Morgan fingerprint density at radius 2 is 1.54 bits per heavy atom. The molecule has 212 valence electrons. The maximum Gasteiger partial charge on any atom is 0.323 e. The minimum absolute atomic E-state index is 0.0154. The van der Waals surface area contributed by atoms with E-state index in [1.165, 1.54) is 42.8 Å². The van der Waals surface area contributed by atoms with Crippen molar-refractivity contribution in [3.8, 4) is 0 Å². The van der Waals surface area contributed by atoms with Crippen LogP contribution < -0.4 is 20.5 Å². The number of benzene rings is 2. The van der Waals surface area contributed by atoms with Gasteiger partial charge in [-0.05, 0) is 49.2 Å². The van der Waals surface area contributed by atoms with Crippen molar-refractivity contribution >= 4 is 37.8 Å². The highest BCUT2D eigenvalue weighted by Gasteiger charge is 2.26. The van der Waals surface area contributed by atoms with Gasteiger partial charge >= 0.3 is 5.97 Å². The standard InChI is InChI=1S/C25H33N5O7S2/c26-24(29-19-7-3-1-4-8-19)18-11-13-21(14-12-18)38(34,35)28-16-15-23(31)27-17-22(25(32)33)30-39(36,37)20-9-5-2-6-10-20/h2,5-6,9-14,19,22,28,30H,1,3-4,7-8,15-17H2,(H2,26,29)(H,27,31)(H,32,33). The summed E-state index contributed by atoms with van der Waals surface area (Å²) in [6, 6.07) is 11.7. The second-order valence-electron chi connectivity index (χ2n) is 9.11. The average molecular weight is 580 g/mol. The summed E-state index contributed by atoms with van der Waals surface area (Å²) in [6.45, 7) is -0.785. The van der Waals surface area contributed by atoms with Crippen LogP contribution >= 0.6 is 0 Å². The number of sulfonamides is 2. The van der Waals surface area contributed by atoms with Gasteiger partial charge in [-0.15, -0.1) is 0 Å². The molecule has 12 nitrogen and oxygen atoms in total. The number of amides is 1. The number of hydrogen-bond donors (Lipinski definition) is 5. The first-order valence-corrected chi connectivity index (χ1v) is 15.4. The van der Waals surface area contributed by atoms with E-state index in [1.807, 2.05) is 4.72 Å². The summed E-state index contributed by atoms with van der Waals surface area (Å²) in [6.07, 6.45) is 5.13. The number of amidine groups is 1. The van der Waals surface area contributed by atoms with E-state index in [0.29, 0.717) is 11.4 Å². The first kappa shape index (κ1) is 30.2. The van der Waals surface area contributed by atoms with Crippen molar-refractivity contribution in [2.24, 2.45) is 10.7 Å². The summed E-state index contributed by atoms with van der Waals surface area (Å²) in [5.41, 5.74) is 6.72. The highest BCUT2D eigenvalue weighted by molar-refractivity contribution is 7.89. The molecule has 6 N–H and O–H groups in total. The molecule has 1 aliphatic carbocycles. The van der Waals surface area contributed by atoms with E-state index in [4.69, 9.17) is 5.73 Å². The van der Waals surface area contributed by atoms with E-state index in [0.717, 1.165) is 25.7 Å². The van der Waals surface area contributed by atoms with Gasteiger partial charge in [0.05, 0.1) is 15.8 Å². The molecule has 0 heterocycles. The Hall–Kier alpha value is -3.33. The van der Waals surface area contributed by atoms with Crippen LogP contribution in [-0.4, -0.2) is 64.8 Å². The molecule has 0 aromatic heterocycles. The van der Waals surface area contributed by atoms with Crippen LogP contribution in [0.25, 0.3) is 0 Å². The lowest BCUT2D eigenvalue weighted by Crippen LogP contribution is -2.48. The molecule has 2 aromatic rings. The lowest BCUT2D eigenvalue weighted by molar-refractivity contribution is -0.138. The van der Waals surface area contributed by atoms with Gasteiger partial charge in [-0.3, -0.25) is 14.6 Å². The summed E-state index contributed by atoms with van der Waals surface area (Å²) in [5.74, 6) is -1.78. The SMILES string of the molecule is NC(=NC1CCCCC1)c1ccc(S(=O)(=O)NCCC(=O)NCC(NS(=O)(=O)c2ccccc2)C(=O)O)cc1. The Morgan fingerprint density at radius 1 is 0.923 bits per heavy atom. The fraction of sp³-hybridized carbons (Fsp3) is 0.400. The number of carbonyl (C=O) groups excluding carboxylic acids is 1. The maximum absolute atomic E-state index is 12.6. The molecular formula is C25H33N5O7S2. The summed E-state index contributed by atoms with van der Waals surface area (Å²) in [4.78, 5) is 28.1. The number of carbonyl (C=O) groups is 2. The first-order chi connectivity index (χ1) is 18.5. The summed E-state index contributed by atoms with van der Waals surface area (Å²) in [7, 11) is -8.05. The molecule has 14 heteroatoms. The highest BCUT2D eigenvalue weighted by Crippen LogP contribution is 2.21. The molecule has 0 bridgehead atoms. The predicted octanol–water partition coefficient (Wildman–Crippen LogP) is 0.941. The van der Waals surface area contributed by atoms with Gasteiger partial charge < -0.3 is 16.2 Å². The van der Waals surface area contributed by atoms with Crippen molar-refractivity contribution in [1.82, 2.24) is 14.8 Å². The molecule has 0 saturated heterocycles. The fourth-order valence-electron chi connectivity index (χ4n) is 4.01. The van der Waals surface area contributed by atoms with Crippen LogP contribution in [0.1, 0.15) is 44.1 Å². The van der Waals surface area contributed by atoms with E-state index in [-0.39, 0.29) is 28.8 Å². The molecule has 1 fully saturated rings. The van der Waals surface area contributed by atoms with Gasteiger partial charge in [0.25, 0.3) is 0 Å². The second kappa shape index (κ2) is 13.6. The predicted molar refractivity (Wildman–Crippen MR) is 145 cm³/mol. The Labute approximate surface area is 228 Å². The van der Waals surface area contributed by atoms with Crippen molar-refractivity contribution in [2.75, 3.05) is 13.1 Å². The van der Waals surface area contributed by atoms with Crippen LogP contribution in [0.4, 0.5) is 0 Å². The van der Waals surface area contributed by atoms with Gasteiger partial charge in [-0.25, -0.2) is 21.6 Å². The van der Waals surface area contributed by atoms with Crippen molar-refractivity contribution in [2.45, 2.75) is 60.4 Å². The van der Waals surface area contributed by atoms with Crippen LogP contribution in [-0.2, 0) is 29.6 Å². The third-order valence-corrected chi connectivity index (χ3v) is 9.12. The van der Waals surface area contributed by atoms with Crippen molar-refractivity contribution in [3.05, 3.63) is 60.2 Å². The number of carboxylic acid groups (broad SMARTS) is 1. The Balaban J connectivity index is 1.48. The molecule has 1 amide bonds. The van der Waals surface area contributed by atoms with Gasteiger partial charge in [-0.2, -0.15) is 4.72 Å². The Morgan fingerprint density at radius 3 is 2.15 bits per heavy atom. The zero-order chi connectivity index (χ0) is 28.5. The van der Waals surface area contributed by atoms with E-state index in [1.54, 1.807) is 18.2 Å². The molecular weight excluding hydrogens is 546 g/mol. The smallest absolute Gasteiger partial charge is 0.323 e. The lowest BCUT2D eigenvalue weighted by Gasteiger charge is -2.18.